The first-order chi connectivity index (χ1) is 10.1. The highest BCUT2D eigenvalue weighted by atomic mass is 32.2. The Bertz CT molecular complexity index is 716. The Hall–Kier alpha value is -1.46. The summed E-state index contributed by atoms with van der Waals surface area (Å²) >= 11 is 1.25. The normalized spacial score (nSPS) is 29.3. The predicted molar refractivity (Wildman–Crippen MR) is 72.9 cm³/mol. The number of aromatic nitrogens is 4. The maximum absolute atomic E-state index is 11.8. The number of imidazole rings is 1. The predicted octanol–water partition coefficient (Wildman–Crippen LogP) is -1.55. The van der Waals surface area contributed by atoms with E-state index in [1.165, 1.54) is 22.7 Å². The Kier molecular flexibility index (Phi) is 3.71. The van der Waals surface area contributed by atoms with Crippen LogP contribution in [-0.4, -0.2) is 66.0 Å². The molecule has 0 saturated carbocycles. The Morgan fingerprint density at radius 3 is 2.86 bits per heavy atom. The summed E-state index contributed by atoms with van der Waals surface area (Å²) in [6, 6.07) is 0. The number of nitrogens with one attached hydrogen (secondary N) is 1. The highest BCUT2D eigenvalue weighted by Gasteiger charge is 2.44. The van der Waals surface area contributed by atoms with Gasteiger partial charge in [-0.15, -0.1) is 0 Å². The molecule has 0 aliphatic carbocycles. The van der Waals surface area contributed by atoms with Gasteiger partial charge in [0.2, 0.25) is 0 Å². The Balaban J connectivity index is 2.16. The molecule has 9 nitrogen and oxygen atoms in total. The van der Waals surface area contributed by atoms with E-state index in [2.05, 4.69) is 15.0 Å². The fourth-order valence-electron chi connectivity index (χ4n) is 2.37. The molecule has 10 heteroatoms. The van der Waals surface area contributed by atoms with Gasteiger partial charge in [-0.1, -0.05) is 11.8 Å². The van der Waals surface area contributed by atoms with Crippen molar-refractivity contribution in [3.05, 3.63) is 16.7 Å². The van der Waals surface area contributed by atoms with Crippen LogP contribution in [0.1, 0.15) is 6.23 Å². The lowest BCUT2D eigenvalue weighted by Gasteiger charge is -2.18. The molecular weight excluding hydrogens is 300 g/mol. The minimum Gasteiger partial charge on any atom is -0.394 e. The van der Waals surface area contributed by atoms with Gasteiger partial charge in [-0.2, -0.15) is 0 Å². The van der Waals surface area contributed by atoms with Crippen molar-refractivity contribution in [1.29, 1.82) is 0 Å². The Morgan fingerprint density at radius 2 is 2.24 bits per heavy atom. The van der Waals surface area contributed by atoms with E-state index in [-0.39, 0.29) is 11.2 Å². The van der Waals surface area contributed by atoms with E-state index >= 15 is 0 Å². The molecule has 1 aliphatic heterocycles. The number of rotatable bonds is 3. The third-order valence-electron chi connectivity index (χ3n) is 3.41. The fourth-order valence-corrected chi connectivity index (χ4v) is 2.94. The summed E-state index contributed by atoms with van der Waals surface area (Å²) in [4.78, 5) is 22.4. The van der Waals surface area contributed by atoms with Gasteiger partial charge in [0.25, 0.3) is 5.56 Å². The summed E-state index contributed by atoms with van der Waals surface area (Å²) in [5.41, 5.74) is -0.0293. The van der Waals surface area contributed by atoms with Gasteiger partial charge in [0.05, 0.1) is 12.9 Å². The van der Waals surface area contributed by atoms with Gasteiger partial charge < -0.3 is 25.0 Å². The number of nitrogens with zero attached hydrogens (tertiary/aromatic N) is 3. The second-order valence-corrected chi connectivity index (χ2v) is 5.37. The summed E-state index contributed by atoms with van der Waals surface area (Å²) < 4.78 is 6.93. The van der Waals surface area contributed by atoms with Gasteiger partial charge >= 0.3 is 0 Å². The smallest absolute Gasteiger partial charge is 0.278 e. The van der Waals surface area contributed by atoms with Crippen LogP contribution in [-0.2, 0) is 4.74 Å². The molecule has 2 aromatic heterocycles. The molecular formula is C11H14N4O5S. The SMILES string of the molecule is CSc1nc2c(=O)[nH]cnc2n1C1OC(CO)C(O)C1O. The van der Waals surface area contributed by atoms with E-state index in [1.54, 1.807) is 6.26 Å². The summed E-state index contributed by atoms with van der Waals surface area (Å²) in [6.07, 6.45) is -1.37. The van der Waals surface area contributed by atoms with Crippen molar-refractivity contribution in [3.63, 3.8) is 0 Å². The zero-order valence-corrected chi connectivity index (χ0v) is 11.8. The van der Waals surface area contributed by atoms with Gasteiger partial charge in [0.1, 0.15) is 18.3 Å². The molecule has 3 heterocycles. The van der Waals surface area contributed by atoms with E-state index < -0.39 is 36.7 Å². The molecule has 1 aliphatic rings. The highest BCUT2D eigenvalue weighted by molar-refractivity contribution is 7.98. The monoisotopic (exact) mass is 314 g/mol. The maximum atomic E-state index is 11.8. The number of thioether (sulfide) groups is 1. The van der Waals surface area contributed by atoms with Gasteiger partial charge in [-0.3, -0.25) is 9.36 Å². The molecule has 0 spiro atoms. The first kappa shape index (κ1) is 14.5. The molecule has 1 saturated heterocycles. The van der Waals surface area contributed by atoms with Gasteiger partial charge in [0, 0.05) is 0 Å². The number of aliphatic hydroxyl groups is 3. The van der Waals surface area contributed by atoms with Crippen LogP contribution in [0.25, 0.3) is 11.2 Å². The van der Waals surface area contributed by atoms with Crippen molar-refractivity contribution >= 4 is 22.9 Å². The lowest BCUT2D eigenvalue weighted by Crippen LogP contribution is -2.33. The van der Waals surface area contributed by atoms with Crippen LogP contribution in [0.2, 0.25) is 0 Å². The van der Waals surface area contributed by atoms with Gasteiger partial charge in [-0.25, -0.2) is 9.97 Å². The van der Waals surface area contributed by atoms with Crippen molar-refractivity contribution in [3.8, 4) is 0 Å². The maximum Gasteiger partial charge on any atom is 0.278 e. The minimum atomic E-state index is -1.26. The molecule has 0 radical (unpaired) electrons. The summed E-state index contributed by atoms with van der Waals surface area (Å²) in [6.45, 7) is -0.427. The molecule has 114 valence electrons. The second-order valence-electron chi connectivity index (χ2n) is 4.60. The first-order valence-electron chi connectivity index (χ1n) is 6.20. The topological polar surface area (TPSA) is 133 Å². The molecule has 4 unspecified atom stereocenters. The minimum absolute atomic E-state index is 0.125. The van der Waals surface area contributed by atoms with Crippen molar-refractivity contribution in [2.75, 3.05) is 12.9 Å². The van der Waals surface area contributed by atoms with Gasteiger partial charge in [0.15, 0.2) is 22.5 Å². The molecule has 4 N–H and O–H groups in total. The zero-order chi connectivity index (χ0) is 15.1. The van der Waals surface area contributed by atoms with E-state index in [0.717, 1.165) is 0 Å². The number of H-pyrrole nitrogens is 1. The van der Waals surface area contributed by atoms with Gasteiger partial charge in [-0.05, 0) is 6.26 Å². The third kappa shape index (κ3) is 2.15. The molecule has 0 aromatic carbocycles. The van der Waals surface area contributed by atoms with E-state index in [0.29, 0.717) is 5.16 Å². The lowest BCUT2D eigenvalue weighted by molar-refractivity contribution is -0.0548. The average Bonchev–Trinajstić information content (AvgIpc) is 2.99. The van der Waals surface area contributed by atoms with Crippen LogP contribution >= 0.6 is 11.8 Å². The second kappa shape index (κ2) is 5.39. The van der Waals surface area contributed by atoms with E-state index in [9.17, 15) is 15.0 Å². The lowest BCUT2D eigenvalue weighted by atomic mass is 10.1. The Labute approximate surface area is 122 Å². The number of aliphatic hydroxyl groups excluding tert-OH is 3. The van der Waals surface area contributed by atoms with E-state index in [4.69, 9.17) is 9.84 Å². The molecule has 2 aromatic rings. The zero-order valence-electron chi connectivity index (χ0n) is 11.0. The number of fused-ring (bicyclic) bond motifs is 1. The molecule has 3 rings (SSSR count). The molecule has 0 amide bonds. The largest absolute Gasteiger partial charge is 0.394 e. The highest BCUT2D eigenvalue weighted by Crippen LogP contribution is 2.34. The molecule has 21 heavy (non-hydrogen) atoms. The van der Waals surface area contributed by atoms with Crippen LogP contribution in [0.4, 0.5) is 0 Å². The van der Waals surface area contributed by atoms with Crippen LogP contribution in [0, 0.1) is 0 Å². The molecule has 1 fully saturated rings. The summed E-state index contributed by atoms with van der Waals surface area (Å²) in [7, 11) is 0. The van der Waals surface area contributed by atoms with Crippen molar-refractivity contribution < 1.29 is 20.1 Å². The summed E-state index contributed by atoms with van der Waals surface area (Å²) in [5.74, 6) is 0. The molecule has 0 bridgehead atoms. The quantitative estimate of drug-likeness (QED) is 0.501. The standard InChI is InChI=1S/C11H14N4O5S/c1-21-11-14-5-8(12-3-13-9(5)19)15(11)10-7(18)6(17)4(2-16)20-10/h3-4,6-7,10,16-18H,2H2,1H3,(H,12,13,19). The number of aromatic amines is 1. The van der Waals surface area contributed by atoms with Crippen LogP contribution < -0.4 is 5.56 Å². The first-order valence-corrected chi connectivity index (χ1v) is 7.43. The number of ether oxygens (including phenoxy) is 1. The number of hydrogen-bond donors (Lipinski definition) is 4. The van der Waals surface area contributed by atoms with E-state index in [1.807, 2.05) is 0 Å². The Morgan fingerprint density at radius 1 is 1.48 bits per heavy atom. The fraction of sp³-hybridized carbons (Fsp3) is 0.545. The average molecular weight is 314 g/mol. The number of hydrogen-bond acceptors (Lipinski definition) is 8. The van der Waals surface area contributed by atoms with Crippen molar-refractivity contribution in [1.82, 2.24) is 19.5 Å². The van der Waals surface area contributed by atoms with Crippen LogP contribution in [0.15, 0.2) is 16.3 Å². The third-order valence-corrected chi connectivity index (χ3v) is 4.06. The summed E-state index contributed by atoms with van der Waals surface area (Å²) in [5, 5.41) is 29.6. The van der Waals surface area contributed by atoms with Crippen molar-refractivity contribution in [2.24, 2.45) is 0 Å². The van der Waals surface area contributed by atoms with Crippen molar-refractivity contribution in [2.45, 2.75) is 29.7 Å². The van der Waals surface area contributed by atoms with Crippen LogP contribution in [0.3, 0.4) is 0 Å². The van der Waals surface area contributed by atoms with Crippen LogP contribution in [0.5, 0.6) is 0 Å². The molecule has 4 atom stereocenters.